The highest BCUT2D eigenvalue weighted by atomic mass is 79.9. The van der Waals surface area contributed by atoms with Gasteiger partial charge in [0.2, 0.25) is 0 Å². The van der Waals surface area contributed by atoms with Crippen molar-refractivity contribution in [1.29, 1.82) is 0 Å². The molecule has 1 aliphatic rings. The average molecular weight is 325 g/mol. The van der Waals surface area contributed by atoms with Crippen molar-refractivity contribution < 1.29 is 4.79 Å². The molecule has 0 atom stereocenters. The third kappa shape index (κ3) is 3.00. The minimum absolute atomic E-state index is 0.00343. The molecule has 0 aliphatic heterocycles. The number of carbonyl (C=O) groups excluding carboxylic acids is 1. The fourth-order valence-electron chi connectivity index (χ4n) is 2.52. The van der Waals surface area contributed by atoms with E-state index in [4.69, 9.17) is 0 Å². The first-order valence-electron chi connectivity index (χ1n) is 6.66. The van der Waals surface area contributed by atoms with E-state index in [0.717, 1.165) is 29.4 Å². The second-order valence-electron chi connectivity index (χ2n) is 5.64. The molecule has 1 N–H and O–H groups in total. The number of carbonyl (C=O) groups is 1. The quantitative estimate of drug-likeness (QED) is 0.923. The number of hydrogen-bond donors (Lipinski definition) is 1. The SMILES string of the molecule is Cc1ccc(Br)c(C(=O)NCC2(N(C)C)CCC2)c1. The van der Waals surface area contributed by atoms with E-state index in [-0.39, 0.29) is 11.4 Å². The number of nitrogens with zero attached hydrogens (tertiary/aromatic N) is 1. The van der Waals surface area contributed by atoms with Crippen LogP contribution in [-0.4, -0.2) is 37.0 Å². The van der Waals surface area contributed by atoms with Crippen molar-refractivity contribution in [3.8, 4) is 0 Å². The van der Waals surface area contributed by atoms with Gasteiger partial charge in [0, 0.05) is 16.6 Å². The number of benzene rings is 1. The molecule has 19 heavy (non-hydrogen) atoms. The fourth-order valence-corrected chi connectivity index (χ4v) is 2.95. The van der Waals surface area contributed by atoms with Crippen molar-refractivity contribution in [2.24, 2.45) is 0 Å². The van der Waals surface area contributed by atoms with Gasteiger partial charge in [-0.1, -0.05) is 11.6 Å². The van der Waals surface area contributed by atoms with Gasteiger partial charge in [-0.25, -0.2) is 0 Å². The molecule has 0 heterocycles. The average Bonchev–Trinajstić information content (AvgIpc) is 2.30. The molecule has 4 heteroatoms. The Morgan fingerprint density at radius 2 is 2.11 bits per heavy atom. The number of rotatable bonds is 4. The number of aryl methyl sites for hydroxylation is 1. The van der Waals surface area contributed by atoms with Gasteiger partial charge in [0.1, 0.15) is 0 Å². The van der Waals surface area contributed by atoms with E-state index >= 15 is 0 Å². The molecule has 1 aliphatic carbocycles. The summed E-state index contributed by atoms with van der Waals surface area (Å²) in [6.45, 7) is 2.72. The lowest BCUT2D eigenvalue weighted by atomic mass is 9.75. The molecule has 0 radical (unpaired) electrons. The Labute approximate surface area is 123 Å². The van der Waals surface area contributed by atoms with Crippen LogP contribution in [0.2, 0.25) is 0 Å². The predicted octanol–water partition coefficient (Wildman–Crippen LogP) is 2.97. The highest BCUT2D eigenvalue weighted by molar-refractivity contribution is 9.10. The van der Waals surface area contributed by atoms with Crippen molar-refractivity contribution in [1.82, 2.24) is 10.2 Å². The lowest BCUT2D eigenvalue weighted by Gasteiger charge is -2.47. The van der Waals surface area contributed by atoms with E-state index in [9.17, 15) is 4.79 Å². The zero-order valence-electron chi connectivity index (χ0n) is 11.8. The lowest BCUT2D eigenvalue weighted by molar-refractivity contribution is 0.0557. The summed E-state index contributed by atoms with van der Waals surface area (Å²) < 4.78 is 0.850. The molecule has 104 valence electrons. The Kier molecular flexibility index (Phi) is 4.31. The molecule has 1 aromatic rings. The van der Waals surface area contributed by atoms with Crippen LogP contribution >= 0.6 is 15.9 Å². The van der Waals surface area contributed by atoms with Gasteiger partial charge >= 0.3 is 0 Å². The van der Waals surface area contributed by atoms with Crippen molar-refractivity contribution in [3.63, 3.8) is 0 Å². The van der Waals surface area contributed by atoms with E-state index in [1.165, 1.54) is 6.42 Å². The summed E-state index contributed by atoms with van der Waals surface area (Å²) in [7, 11) is 4.18. The van der Waals surface area contributed by atoms with Crippen molar-refractivity contribution in [2.45, 2.75) is 31.7 Å². The van der Waals surface area contributed by atoms with Crippen LogP contribution in [-0.2, 0) is 0 Å². The summed E-state index contributed by atoms with van der Waals surface area (Å²) in [5.41, 5.74) is 1.97. The number of nitrogens with one attached hydrogen (secondary N) is 1. The standard InChI is InChI=1S/C15H21BrN2O/c1-11-5-6-13(16)12(9-11)14(19)17-10-15(18(2)3)7-4-8-15/h5-6,9H,4,7-8,10H2,1-3H3,(H,17,19). The van der Waals surface area contributed by atoms with Crippen LogP contribution in [0.1, 0.15) is 35.2 Å². The number of halogens is 1. The third-order valence-corrected chi connectivity index (χ3v) is 4.87. The second-order valence-corrected chi connectivity index (χ2v) is 6.49. The molecule has 1 saturated carbocycles. The third-order valence-electron chi connectivity index (χ3n) is 4.18. The van der Waals surface area contributed by atoms with E-state index in [1.807, 2.05) is 25.1 Å². The molecule has 1 fully saturated rings. The maximum Gasteiger partial charge on any atom is 0.252 e. The maximum absolute atomic E-state index is 12.3. The highest BCUT2D eigenvalue weighted by Crippen LogP contribution is 2.35. The first-order chi connectivity index (χ1) is 8.94. The molecule has 1 amide bonds. The van der Waals surface area contributed by atoms with Gasteiger partial charge in [-0.3, -0.25) is 4.79 Å². The van der Waals surface area contributed by atoms with E-state index in [1.54, 1.807) is 0 Å². The Balaban J connectivity index is 2.03. The fraction of sp³-hybridized carbons (Fsp3) is 0.533. The van der Waals surface area contributed by atoms with Crippen molar-refractivity contribution >= 4 is 21.8 Å². The predicted molar refractivity (Wildman–Crippen MR) is 81.5 cm³/mol. The van der Waals surface area contributed by atoms with E-state index in [0.29, 0.717) is 5.56 Å². The first-order valence-corrected chi connectivity index (χ1v) is 7.46. The summed E-state index contributed by atoms with van der Waals surface area (Å²) in [5.74, 6) is 0.00343. The van der Waals surface area contributed by atoms with Crippen molar-refractivity contribution in [3.05, 3.63) is 33.8 Å². The largest absolute Gasteiger partial charge is 0.350 e. The van der Waals surface area contributed by atoms with Crippen LogP contribution < -0.4 is 5.32 Å². The molecule has 0 spiro atoms. The molecular weight excluding hydrogens is 304 g/mol. The normalized spacial score (nSPS) is 17.1. The molecular formula is C15H21BrN2O. The second kappa shape index (κ2) is 5.63. The molecule has 3 nitrogen and oxygen atoms in total. The summed E-state index contributed by atoms with van der Waals surface area (Å²) in [6.07, 6.45) is 3.58. The zero-order chi connectivity index (χ0) is 14.0. The van der Waals surface area contributed by atoms with Crippen LogP contribution in [0.15, 0.2) is 22.7 Å². The Morgan fingerprint density at radius 3 is 2.63 bits per heavy atom. The number of likely N-dealkylation sites (N-methyl/N-ethyl adjacent to an activating group) is 1. The van der Waals surface area contributed by atoms with Gasteiger partial charge in [-0.05, 0) is 68.3 Å². The van der Waals surface area contributed by atoms with Crippen LogP contribution in [0.25, 0.3) is 0 Å². The topological polar surface area (TPSA) is 32.3 Å². The Hall–Kier alpha value is -0.870. The van der Waals surface area contributed by atoms with Gasteiger partial charge in [-0.2, -0.15) is 0 Å². The minimum atomic E-state index is 0.00343. The molecule has 2 rings (SSSR count). The lowest BCUT2D eigenvalue weighted by Crippen LogP contribution is -2.57. The van der Waals surface area contributed by atoms with Crippen LogP contribution in [0.4, 0.5) is 0 Å². The Morgan fingerprint density at radius 1 is 1.42 bits per heavy atom. The van der Waals surface area contributed by atoms with E-state index < -0.39 is 0 Å². The first kappa shape index (κ1) is 14.5. The van der Waals surface area contributed by atoms with Gasteiger partial charge in [0.15, 0.2) is 0 Å². The molecule has 0 saturated heterocycles. The smallest absolute Gasteiger partial charge is 0.252 e. The van der Waals surface area contributed by atoms with Crippen LogP contribution in [0, 0.1) is 6.92 Å². The Bertz CT molecular complexity index is 481. The number of amides is 1. The monoisotopic (exact) mass is 324 g/mol. The summed E-state index contributed by atoms with van der Waals surface area (Å²) in [4.78, 5) is 14.5. The molecule has 1 aromatic carbocycles. The van der Waals surface area contributed by atoms with Gasteiger partial charge in [-0.15, -0.1) is 0 Å². The highest BCUT2D eigenvalue weighted by Gasteiger charge is 2.39. The minimum Gasteiger partial charge on any atom is -0.350 e. The van der Waals surface area contributed by atoms with Gasteiger partial charge in [0.25, 0.3) is 5.91 Å². The summed E-state index contributed by atoms with van der Waals surface area (Å²) in [5, 5.41) is 3.08. The van der Waals surface area contributed by atoms with Crippen LogP contribution in [0.3, 0.4) is 0 Å². The van der Waals surface area contributed by atoms with Crippen molar-refractivity contribution in [2.75, 3.05) is 20.6 Å². The van der Waals surface area contributed by atoms with E-state index in [2.05, 4.69) is 40.2 Å². The summed E-state index contributed by atoms with van der Waals surface area (Å²) >= 11 is 3.44. The molecule has 0 bridgehead atoms. The maximum atomic E-state index is 12.3. The molecule has 0 unspecified atom stereocenters. The van der Waals surface area contributed by atoms with Gasteiger partial charge < -0.3 is 10.2 Å². The molecule has 0 aromatic heterocycles. The number of hydrogen-bond acceptors (Lipinski definition) is 2. The summed E-state index contributed by atoms with van der Waals surface area (Å²) in [6, 6.07) is 5.84. The van der Waals surface area contributed by atoms with Crippen LogP contribution in [0.5, 0.6) is 0 Å². The van der Waals surface area contributed by atoms with Gasteiger partial charge in [0.05, 0.1) is 5.56 Å². The zero-order valence-corrected chi connectivity index (χ0v) is 13.4.